The minimum absolute atomic E-state index is 0.108. The molecule has 0 radical (unpaired) electrons. The summed E-state index contributed by atoms with van der Waals surface area (Å²) in [5, 5.41) is 4.17. The maximum atomic E-state index is 12.5. The summed E-state index contributed by atoms with van der Waals surface area (Å²) in [6.07, 6.45) is 0. The van der Waals surface area contributed by atoms with Crippen LogP contribution in [0.15, 0.2) is 71.3 Å². The van der Waals surface area contributed by atoms with Gasteiger partial charge in [-0.05, 0) is 12.1 Å². The summed E-state index contributed by atoms with van der Waals surface area (Å²) >= 11 is 0. The molecule has 0 N–H and O–H groups in total. The molecule has 1 aliphatic rings. The van der Waals surface area contributed by atoms with Crippen molar-refractivity contribution in [2.75, 3.05) is 26.2 Å². The standard InChI is InChI=1S/C21H21N3O2/c25-21(18-9-5-2-6-10-18)24-13-11-23(12-14-24)16-19-15-20(22-26-19)17-7-3-1-4-8-17/h1-10,15H,11-14,16H2. The molecule has 1 saturated heterocycles. The summed E-state index contributed by atoms with van der Waals surface area (Å²) in [5.41, 5.74) is 2.67. The fourth-order valence-electron chi connectivity index (χ4n) is 3.23. The zero-order valence-corrected chi connectivity index (χ0v) is 14.5. The molecule has 1 fully saturated rings. The Kier molecular flexibility index (Phi) is 4.80. The van der Waals surface area contributed by atoms with E-state index in [1.165, 1.54) is 0 Å². The Morgan fingerprint density at radius 1 is 0.923 bits per heavy atom. The van der Waals surface area contributed by atoms with Crippen LogP contribution >= 0.6 is 0 Å². The van der Waals surface area contributed by atoms with E-state index < -0.39 is 0 Å². The first-order valence-corrected chi connectivity index (χ1v) is 8.87. The SMILES string of the molecule is O=C(c1ccccc1)N1CCN(Cc2cc(-c3ccccc3)no2)CC1. The minimum atomic E-state index is 0.108. The van der Waals surface area contributed by atoms with Gasteiger partial charge >= 0.3 is 0 Å². The summed E-state index contributed by atoms with van der Waals surface area (Å²) < 4.78 is 5.49. The molecule has 0 atom stereocenters. The van der Waals surface area contributed by atoms with Crippen LogP contribution in [0, 0.1) is 0 Å². The van der Waals surface area contributed by atoms with Crippen molar-refractivity contribution < 1.29 is 9.32 Å². The van der Waals surface area contributed by atoms with E-state index in [4.69, 9.17) is 4.52 Å². The average molecular weight is 347 g/mol. The van der Waals surface area contributed by atoms with Gasteiger partial charge in [-0.2, -0.15) is 0 Å². The van der Waals surface area contributed by atoms with Gasteiger partial charge in [0.25, 0.3) is 5.91 Å². The van der Waals surface area contributed by atoms with Gasteiger partial charge in [0, 0.05) is 43.4 Å². The molecule has 0 aliphatic carbocycles. The third kappa shape index (κ3) is 3.68. The van der Waals surface area contributed by atoms with Gasteiger partial charge in [0.15, 0.2) is 5.76 Å². The van der Waals surface area contributed by atoms with E-state index in [9.17, 15) is 4.79 Å². The number of carbonyl (C=O) groups excluding carboxylic acids is 1. The van der Waals surface area contributed by atoms with Gasteiger partial charge in [0.1, 0.15) is 5.69 Å². The highest BCUT2D eigenvalue weighted by atomic mass is 16.5. The summed E-state index contributed by atoms with van der Waals surface area (Å²) in [6.45, 7) is 3.84. The molecule has 26 heavy (non-hydrogen) atoms. The maximum Gasteiger partial charge on any atom is 0.253 e. The quantitative estimate of drug-likeness (QED) is 0.727. The summed E-state index contributed by atoms with van der Waals surface area (Å²) in [7, 11) is 0. The van der Waals surface area contributed by atoms with Gasteiger partial charge in [0.2, 0.25) is 0 Å². The van der Waals surface area contributed by atoms with Crippen molar-refractivity contribution in [3.8, 4) is 11.3 Å². The molecular weight excluding hydrogens is 326 g/mol. The van der Waals surface area contributed by atoms with Crippen LogP contribution in [0.3, 0.4) is 0 Å². The number of nitrogens with zero attached hydrogens (tertiary/aromatic N) is 3. The highest BCUT2D eigenvalue weighted by Gasteiger charge is 2.22. The fraction of sp³-hybridized carbons (Fsp3) is 0.238. The van der Waals surface area contributed by atoms with Gasteiger partial charge in [0.05, 0.1) is 6.54 Å². The highest BCUT2D eigenvalue weighted by Crippen LogP contribution is 2.20. The Labute approximate surface area is 152 Å². The Hall–Kier alpha value is -2.92. The molecule has 2 aromatic carbocycles. The first kappa shape index (κ1) is 16.5. The van der Waals surface area contributed by atoms with Crippen LogP contribution in [0.2, 0.25) is 0 Å². The summed E-state index contributed by atoms with van der Waals surface area (Å²) in [4.78, 5) is 16.7. The molecule has 0 saturated carbocycles. The molecule has 3 aromatic rings. The number of hydrogen-bond acceptors (Lipinski definition) is 4. The predicted octanol–water partition coefficient (Wildman–Crippen LogP) is 3.30. The molecule has 5 nitrogen and oxygen atoms in total. The third-order valence-corrected chi connectivity index (χ3v) is 4.69. The number of aromatic nitrogens is 1. The van der Waals surface area contributed by atoms with Crippen molar-refractivity contribution in [1.29, 1.82) is 0 Å². The van der Waals surface area contributed by atoms with E-state index >= 15 is 0 Å². The van der Waals surface area contributed by atoms with Crippen molar-refractivity contribution in [3.63, 3.8) is 0 Å². The lowest BCUT2D eigenvalue weighted by Gasteiger charge is -2.34. The molecule has 0 spiro atoms. The van der Waals surface area contributed by atoms with Crippen LogP contribution in [-0.4, -0.2) is 47.0 Å². The number of hydrogen-bond donors (Lipinski definition) is 0. The maximum absolute atomic E-state index is 12.5. The predicted molar refractivity (Wildman–Crippen MR) is 99.6 cm³/mol. The second-order valence-electron chi connectivity index (χ2n) is 6.48. The van der Waals surface area contributed by atoms with E-state index in [2.05, 4.69) is 10.1 Å². The lowest BCUT2D eigenvalue weighted by atomic mass is 10.1. The zero-order chi connectivity index (χ0) is 17.8. The number of benzene rings is 2. The van der Waals surface area contributed by atoms with Crippen LogP contribution in [-0.2, 0) is 6.54 Å². The van der Waals surface area contributed by atoms with Crippen LogP contribution in [0.25, 0.3) is 11.3 Å². The van der Waals surface area contributed by atoms with Crippen LogP contribution in [0.5, 0.6) is 0 Å². The third-order valence-electron chi connectivity index (χ3n) is 4.69. The van der Waals surface area contributed by atoms with E-state index in [1.807, 2.05) is 71.6 Å². The molecule has 1 aliphatic heterocycles. The molecule has 0 bridgehead atoms. The Morgan fingerprint density at radius 2 is 1.58 bits per heavy atom. The lowest BCUT2D eigenvalue weighted by molar-refractivity contribution is 0.0617. The first-order chi connectivity index (χ1) is 12.8. The molecule has 2 heterocycles. The number of carbonyl (C=O) groups is 1. The van der Waals surface area contributed by atoms with Gasteiger partial charge in [-0.15, -0.1) is 0 Å². The second-order valence-corrected chi connectivity index (χ2v) is 6.48. The molecular formula is C21H21N3O2. The number of piperazine rings is 1. The normalized spacial score (nSPS) is 15.2. The van der Waals surface area contributed by atoms with Crippen molar-refractivity contribution in [3.05, 3.63) is 78.1 Å². The monoisotopic (exact) mass is 347 g/mol. The van der Waals surface area contributed by atoms with Crippen molar-refractivity contribution >= 4 is 5.91 Å². The fourth-order valence-corrected chi connectivity index (χ4v) is 3.23. The van der Waals surface area contributed by atoms with Gasteiger partial charge in [-0.1, -0.05) is 53.7 Å². The average Bonchev–Trinajstić information content (AvgIpc) is 3.18. The van der Waals surface area contributed by atoms with E-state index in [0.717, 1.165) is 48.8 Å². The van der Waals surface area contributed by atoms with Crippen LogP contribution < -0.4 is 0 Å². The van der Waals surface area contributed by atoms with Crippen molar-refractivity contribution in [2.45, 2.75) is 6.54 Å². The molecule has 5 heteroatoms. The van der Waals surface area contributed by atoms with Crippen LogP contribution in [0.1, 0.15) is 16.1 Å². The van der Waals surface area contributed by atoms with E-state index in [0.29, 0.717) is 6.54 Å². The molecule has 1 aromatic heterocycles. The Bertz CT molecular complexity index is 853. The largest absolute Gasteiger partial charge is 0.359 e. The molecule has 0 unspecified atom stereocenters. The Balaban J connectivity index is 1.33. The van der Waals surface area contributed by atoms with Crippen molar-refractivity contribution in [1.82, 2.24) is 15.0 Å². The minimum Gasteiger partial charge on any atom is -0.359 e. The Morgan fingerprint density at radius 3 is 2.27 bits per heavy atom. The lowest BCUT2D eigenvalue weighted by Crippen LogP contribution is -2.48. The molecule has 132 valence electrons. The molecule has 1 amide bonds. The van der Waals surface area contributed by atoms with E-state index in [-0.39, 0.29) is 5.91 Å². The van der Waals surface area contributed by atoms with Gasteiger partial charge in [-0.3, -0.25) is 9.69 Å². The highest BCUT2D eigenvalue weighted by molar-refractivity contribution is 5.94. The molecule has 4 rings (SSSR count). The van der Waals surface area contributed by atoms with Gasteiger partial charge < -0.3 is 9.42 Å². The zero-order valence-electron chi connectivity index (χ0n) is 14.5. The van der Waals surface area contributed by atoms with E-state index in [1.54, 1.807) is 0 Å². The topological polar surface area (TPSA) is 49.6 Å². The first-order valence-electron chi connectivity index (χ1n) is 8.87. The number of rotatable bonds is 4. The van der Waals surface area contributed by atoms with Crippen molar-refractivity contribution in [2.24, 2.45) is 0 Å². The second kappa shape index (κ2) is 7.54. The van der Waals surface area contributed by atoms with Gasteiger partial charge in [-0.25, -0.2) is 0 Å². The summed E-state index contributed by atoms with van der Waals surface area (Å²) in [6, 6.07) is 21.5. The summed E-state index contributed by atoms with van der Waals surface area (Å²) in [5.74, 6) is 0.961. The number of amides is 1. The van der Waals surface area contributed by atoms with Crippen LogP contribution in [0.4, 0.5) is 0 Å². The smallest absolute Gasteiger partial charge is 0.253 e.